The first-order chi connectivity index (χ1) is 18.0. The molecule has 2 amide bonds. The highest BCUT2D eigenvalue weighted by Gasteiger charge is 2.30. The number of hydrogen-bond donors (Lipinski definition) is 3. The number of carbonyl (C=O) groups excluding carboxylic acids is 2. The van der Waals surface area contributed by atoms with Gasteiger partial charge in [0.15, 0.2) is 0 Å². The number of rotatable bonds is 8. The van der Waals surface area contributed by atoms with Crippen molar-refractivity contribution >= 4 is 28.7 Å². The maximum Gasteiger partial charge on any atom is 0.407 e. The first-order valence-corrected chi connectivity index (χ1v) is 12.1. The quantitative estimate of drug-likeness (QED) is 0.325. The van der Waals surface area contributed by atoms with Gasteiger partial charge in [0.1, 0.15) is 12.6 Å². The lowest BCUT2D eigenvalue weighted by molar-refractivity contribution is -0.139. The van der Waals surface area contributed by atoms with E-state index in [0.29, 0.717) is 0 Å². The summed E-state index contributed by atoms with van der Waals surface area (Å²) in [5.74, 6) is -1.94. The van der Waals surface area contributed by atoms with Crippen LogP contribution < -0.4 is 10.6 Å². The standard InChI is InChI=1S/C30H26N2O5/c33-28(34)16-27(29(35)31-17-20-10-7-9-19-8-1-2-11-21(19)20)32-30(36)37-18-26-24-14-5-3-12-22(24)23-13-4-6-15-25(23)26/h1-15,26-27H,16-18H2,(H,31,35)(H,32,36)(H,33,34). The van der Waals surface area contributed by atoms with Crippen LogP contribution in [-0.2, 0) is 20.9 Å². The van der Waals surface area contributed by atoms with Crippen LogP contribution in [0.5, 0.6) is 0 Å². The number of hydrogen-bond acceptors (Lipinski definition) is 4. The summed E-state index contributed by atoms with van der Waals surface area (Å²) in [7, 11) is 0. The van der Waals surface area contributed by atoms with E-state index in [1.54, 1.807) is 0 Å². The Morgan fingerprint density at radius 2 is 1.43 bits per heavy atom. The van der Waals surface area contributed by atoms with Crippen molar-refractivity contribution in [2.24, 2.45) is 0 Å². The van der Waals surface area contributed by atoms with Gasteiger partial charge in [-0.05, 0) is 38.6 Å². The molecule has 1 aliphatic carbocycles. The molecule has 0 heterocycles. The maximum absolute atomic E-state index is 12.9. The first-order valence-electron chi connectivity index (χ1n) is 12.1. The Kier molecular flexibility index (Phi) is 6.85. The van der Waals surface area contributed by atoms with Gasteiger partial charge in [-0.1, -0.05) is 91.0 Å². The highest BCUT2D eigenvalue weighted by molar-refractivity contribution is 5.90. The van der Waals surface area contributed by atoms with Crippen LogP contribution in [0.25, 0.3) is 21.9 Å². The molecule has 0 saturated heterocycles. The van der Waals surface area contributed by atoms with Crippen molar-refractivity contribution in [1.29, 1.82) is 0 Å². The van der Waals surface area contributed by atoms with E-state index in [2.05, 4.69) is 10.6 Å². The van der Waals surface area contributed by atoms with E-state index in [1.807, 2.05) is 91.0 Å². The van der Waals surface area contributed by atoms with Crippen molar-refractivity contribution in [3.63, 3.8) is 0 Å². The van der Waals surface area contributed by atoms with E-state index >= 15 is 0 Å². The summed E-state index contributed by atoms with van der Waals surface area (Å²) in [4.78, 5) is 36.9. The number of carboxylic acids is 1. The number of aliphatic carboxylic acids is 1. The highest BCUT2D eigenvalue weighted by Crippen LogP contribution is 2.44. The van der Waals surface area contributed by atoms with Gasteiger partial charge >= 0.3 is 12.1 Å². The topological polar surface area (TPSA) is 105 Å². The van der Waals surface area contributed by atoms with Gasteiger partial charge in [-0.3, -0.25) is 9.59 Å². The number of nitrogens with one attached hydrogen (secondary N) is 2. The second kappa shape index (κ2) is 10.5. The zero-order chi connectivity index (χ0) is 25.8. The molecule has 1 aliphatic rings. The third-order valence-electron chi connectivity index (χ3n) is 6.66. The van der Waals surface area contributed by atoms with E-state index in [-0.39, 0.29) is 19.1 Å². The highest BCUT2D eigenvalue weighted by atomic mass is 16.5. The largest absolute Gasteiger partial charge is 0.481 e. The minimum Gasteiger partial charge on any atom is -0.481 e. The number of amides is 2. The van der Waals surface area contributed by atoms with Crippen LogP contribution in [0.1, 0.15) is 29.0 Å². The minimum atomic E-state index is -1.27. The average Bonchev–Trinajstić information content (AvgIpc) is 3.23. The molecule has 0 aromatic heterocycles. The minimum absolute atomic E-state index is 0.0667. The molecule has 3 N–H and O–H groups in total. The summed E-state index contributed by atoms with van der Waals surface area (Å²) in [6.07, 6.45) is -1.40. The van der Waals surface area contributed by atoms with Crippen LogP contribution in [0, 0.1) is 0 Å². The molecule has 1 atom stereocenters. The van der Waals surface area contributed by atoms with Gasteiger partial charge in [0, 0.05) is 12.5 Å². The fourth-order valence-electron chi connectivity index (χ4n) is 4.92. The molecule has 0 fully saturated rings. The number of carbonyl (C=O) groups is 3. The summed E-state index contributed by atoms with van der Waals surface area (Å²) < 4.78 is 5.50. The number of fused-ring (bicyclic) bond motifs is 4. The molecule has 186 valence electrons. The fraction of sp³-hybridized carbons (Fsp3) is 0.167. The fourth-order valence-corrected chi connectivity index (χ4v) is 4.92. The van der Waals surface area contributed by atoms with Crippen LogP contribution in [0.15, 0.2) is 91.0 Å². The predicted octanol–water partition coefficient (Wildman–Crippen LogP) is 4.84. The molecule has 0 radical (unpaired) electrons. The van der Waals surface area contributed by atoms with Gasteiger partial charge in [0.05, 0.1) is 6.42 Å². The molecular weight excluding hydrogens is 468 g/mol. The van der Waals surface area contributed by atoms with Crippen LogP contribution in [0.3, 0.4) is 0 Å². The van der Waals surface area contributed by atoms with Gasteiger partial charge < -0.3 is 20.5 Å². The maximum atomic E-state index is 12.9. The Morgan fingerprint density at radius 1 is 0.811 bits per heavy atom. The SMILES string of the molecule is O=C(O)CC(NC(=O)OCC1c2ccccc2-c2ccccc21)C(=O)NCc1cccc2ccccc12. The van der Waals surface area contributed by atoms with Gasteiger partial charge in [-0.2, -0.15) is 0 Å². The Labute approximate surface area is 214 Å². The number of carboxylic acid groups (broad SMARTS) is 1. The van der Waals surface area contributed by atoms with Gasteiger partial charge in [0.25, 0.3) is 0 Å². The number of alkyl carbamates (subject to hydrolysis) is 1. The summed E-state index contributed by atoms with van der Waals surface area (Å²) in [6, 6.07) is 28.2. The molecule has 0 aliphatic heterocycles. The Balaban J connectivity index is 1.23. The summed E-state index contributed by atoms with van der Waals surface area (Å²) in [6.45, 7) is 0.264. The molecule has 0 bridgehead atoms. The van der Waals surface area contributed by atoms with E-state index in [4.69, 9.17) is 4.74 Å². The summed E-state index contributed by atoms with van der Waals surface area (Å²) in [5.41, 5.74) is 5.21. The molecular formula is C30H26N2O5. The Morgan fingerprint density at radius 3 is 2.14 bits per heavy atom. The van der Waals surface area contributed by atoms with E-state index in [1.165, 1.54) is 0 Å². The number of benzene rings is 4. The van der Waals surface area contributed by atoms with E-state index in [0.717, 1.165) is 38.6 Å². The molecule has 1 unspecified atom stereocenters. The van der Waals surface area contributed by atoms with Crippen molar-refractivity contribution in [2.45, 2.75) is 24.9 Å². The zero-order valence-electron chi connectivity index (χ0n) is 20.0. The summed E-state index contributed by atoms with van der Waals surface area (Å²) in [5, 5.41) is 16.5. The van der Waals surface area contributed by atoms with Gasteiger partial charge in [-0.25, -0.2) is 4.79 Å². The van der Waals surface area contributed by atoms with Crippen molar-refractivity contribution in [1.82, 2.24) is 10.6 Å². The normalized spacial score (nSPS) is 12.9. The van der Waals surface area contributed by atoms with E-state index < -0.39 is 30.4 Å². The summed E-state index contributed by atoms with van der Waals surface area (Å²) >= 11 is 0. The van der Waals surface area contributed by atoms with Crippen molar-refractivity contribution in [3.05, 3.63) is 108 Å². The lowest BCUT2D eigenvalue weighted by Crippen LogP contribution is -2.48. The van der Waals surface area contributed by atoms with Crippen LogP contribution in [0.2, 0.25) is 0 Å². The molecule has 0 saturated carbocycles. The lowest BCUT2D eigenvalue weighted by Gasteiger charge is -2.19. The predicted molar refractivity (Wildman–Crippen MR) is 140 cm³/mol. The van der Waals surface area contributed by atoms with Crippen LogP contribution >= 0.6 is 0 Å². The third kappa shape index (κ3) is 5.16. The van der Waals surface area contributed by atoms with E-state index in [9.17, 15) is 19.5 Å². The zero-order valence-corrected chi connectivity index (χ0v) is 20.0. The third-order valence-corrected chi connectivity index (χ3v) is 6.66. The molecule has 4 aromatic rings. The molecule has 5 rings (SSSR count). The second-order valence-corrected chi connectivity index (χ2v) is 8.98. The smallest absolute Gasteiger partial charge is 0.407 e. The van der Waals surface area contributed by atoms with Crippen LogP contribution in [-0.4, -0.2) is 35.7 Å². The molecule has 4 aromatic carbocycles. The Bertz CT molecular complexity index is 1430. The van der Waals surface area contributed by atoms with Gasteiger partial charge in [0.2, 0.25) is 5.91 Å². The second-order valence-electron chi connectivity index (χ2n) is 8.98. The first kappa shape index (κ1) is 24.1. The van der Waals surface area contributed by atoms with Gasteiger partial charge in [-0.15, -0.1) is 0 Å². The lowest BCUT2D eigenvalue weighted by atomic mass is 9.98. The average molecular weight is 495 g/mol. The van der Waals surface area contributed by atoms with Crippen molar-refractivity contribution in [3.8, 4) is 11.1 Å². The van der Waals surface area contributed by atoms with Crippen molar-refractivity contribution in [2.75, 3.05) is 6.61 Å². The molecule has 7 nitrogen and oxygen atoms in total. The monoisotopic (exact) mass is 494 g/mol. The Hall–Kier alpha value is -4.65. The van der Waals surface area contributed by atoms with Crippen molar-refractivity contribution < 1.29 is 24.2 Å². The molecule has 7 heteroatoms. The molecule has 0 spiro atoms. The molecule has 37 heavy (non-hydrogen) atoms. The number of ether oxygens (including phenoxy) is 1. The van der Waals surface area contributed by atoms with Crippen LogP contribution in [0.4, 0.5) is 4.79 Å².